The van der Waals surface area contributed by atoms with Gasteiger partial charge >= 0.3 is 5.97 Å². The molecule has 2 unspecified atom stereocenters. The summed E-state index contributed by atoms with van der Waals surface area (Å²) in [4.78, 5) is 32.2. The van der Waals surface area contributed by atoms with Crippen molar-refractivity contribution in [2.24, 2.45) is 23.0 Å². The van der Waals surface area contributed by atoms with Crippen molar-refractivity contribution in [3.8, 4) is 0 Å². The van der Waals surface area contributed by atoms with Crippen molar-refractivity contribution in [3.05, 3.63) is 34.8 Å². The van der Waals surface area contributed by atoms with Crippen LogP contribution < -0.4 is 10.6 Å². The largest absolute Gasteiger partial charge is 0.465 e. The van der Waals surface area contributed by atoms with Gasteiger partial charge in [0.1, 0.15) is 5.52 Å². The van der Waals surface area contributed by atoms with Gasteiger partial charge in [0.15, 0.2) is 16.7 Å². The fourth-order valence-corrected chi connectivity index (χ4v) is 8.62. The number of Topliss-reactive ketones (excluding diaryl/α,β-unsaturated/α-hetero) is 1. The lowest BCUT2D eigenvalue weighted by Crippen LogP contribution is -2.45. The zero-order valence-corrected chi connectivity index (χ0v) is 23.9. The predicted molar refractivity (Wildman–Crippen MR) is 152 cm³/mol. The third-order valence-corrected chi connectivity index (χ3v) is 11.3. The second kappa shape index (κ2) is 10.1. The molecule has 2 aromatic rings. The van der Waals surface area contributed by atoms with Gasteiger partial charge in [-0.1, -0.05) is 11.3 Å². The Morgan fingerprint density at radius 2 is 1.75 bits per heavy atom. The molecule has 5 fully saturated rings. The molecule has 3 heterocycles. The van der Waals surface area contributed by atoms with E-state index in [9.17, 15) is 14.0 Å². The fourth-order valence-electron chi connectivity index (χ4n) is 7.45. The molecule has 7 rings (SSSR count). The highest BCUT2D eigenvalue weighted by Crippen LogP contribution is 2.57. The molecule has 0 amide bonds. The van der Waals surface area contributed by atoms with Crippen molar-refractivity contribution in [1.29, 1.82) is 0 Å². The van der Waals surface area contributed by atoms with Gasteiger partial charge in [-0.3, -0.25) is 4.79 Å². The van der Waals surface area contributed by atoms with E-state index in [1.807, 2.05) is 0 Å². The van der Waals surface area contributed by atoms with Crippen LogP contribution in [-0.4, -0.2) is 48.6 Å². The first kappa shape index (κ1) is 26.4. The van der Waals surface area contributed by atoms with E-state index in [2.05, 4.69) is 9.88 Å². The molecular weight excluding hydrogens is 529 g/mol. The van der Waals surface area contributed by atoms with Crippen molar-refractivity contribution >= 4 is 38.4 Å². The molecule has 1 aromatic carbocycles. The number of benzene rings is 1. The lowest BCUT2D eigenvalue weighted by Gasteiger charge is -2.39. The number of allylic oxidation sites excluding steroid dienone is 1. The van der Waals surface area contributed by atoms with Gasteiger partial charge in [0.25, 0.3) is 0 Å². The Labute approximate surface area is 238 Å². The first-order valence-corrected chi connectivity index (χ1v) is 15.8. The SMILES string of the molecule is COC(=O)c1cc(F)c2nc(N3C4CC[C@H]3CC(OCC(C(=O)C3CC3)=C(N)C3CCC5(CC3)CC5)C4)sc2c1. The number of thiazole rings is 1. The number of carbonyl (C=O) groups is 2. The standard InChI is InChI=1S/C31H38FN3O4S/c1-38-29(37)19-12-24(32)27-25(13-19)40-30(34-27)35-20-4-5-21(35)15-22(14-20)39-16-23(28(36)18-2-3-18)26(33)17-6-8-31(9-7-17)10-11-31/h12-13,17-18,20-22H,2-11,14-16,33H2,1H3/t20-,21?,22?/m0/s1. The maximum atomic E-state index is 14.8. The highest BCUT2D eigenvalue weighted by Gasteiger charge is 2.46. The number of piperidine rings is 1. The van der Waals surface area contributed by atoms with Crippen molar-refractivity contribution in [1.82, 2.24) is 4.98 Å². The van der Waals surface area contributed by atoms with Gasteiger partial charge in [-0.15, -0.1) is 0 Å². The second-order valence-electron chi connectivity index (χ2n) is 12.8. The summed E-state index contributed by atoms with van der Waals surface area (Å²) in [6.45, 7) is 0.315. The Morgan fingerprint density at radius 3 is 2.38 bits per heavy atom. The molecule has 40 heavy (non-hydrogen) atoms. The van der Waals surface area contributed by atoms with Gasteiger partial charge < -0.3 is 20.1 Å². The number of anilines is 1. The number of methoxy groups -OCH3 is 1. The smallest absolute Gasteiger partial charge is 0.338 e. The maximum Gasteiger partial charge on any atom is 0.338 e. The zero-order valence-electron chi connectivity index (χ0n) is 23.1. The van der Waals surface area contributed by atoms with Crippen LogP contribution in [0.15, 0.2) is 23.4 Å². The van der Waals surface area contributed by atoms with E-state index in [0.717, 1.165) is 67.8 Å². The normalized spacial score (nSPS) is 28.1. The van der Waals surface area contributed by atoms with Crippen molar-refractivity contribution in [2.75, 3.05) is 18.6 Å². The van der Waals surface area contributed by atoms with Crippen LogP contribution in [-0.2, 0) is 14.3 Å². The third kappa shape index (κ3) is 4.83. The summed E-state index contributed by atoms with van der Waals surface area (Å²) in [5, 5.41) is 0.793. The molecule has 7 nitrogen and oxygen atoms in total. The van der Waals surface area contributed by atoms with Gasteiger partial charge in [0.05, 0.1) is 30.1 Å². The third-order valence-electron chi connectivity index (χ3n) is 10.3. The Bertz CT molecular complexity index is 1360. The molecule has 5 aliphatic rings. The van der Waals surface area contributed by atoms with Gasteiger partial charge in [-0.25, -0.2) is 14.2 Å². The van der Waals surface area contributed by atoms with E-state index < -0.39 is 11.8 Å². The molecule has 2 saturated heterocycles. The van der Waals surface area contributed by atoms with Crippen molar-refractivity contribution in [2.45, 2.75) is 95.2 Å². The second-order valence-corrected chi connectivity index (χ2v) is 13.8. The number of ketones is 1. The number of halogens is 1. The first-order valence-electron chi connectivity index (χ1n) is 15.0. The molecule has 2 aliphatic heterocycles. The van der Waals surface area contributed by atoms with Crippen LogP contribution in [0.1, 0.15) is 87.4 Å². The fraction of sp³-hybridized carbons (Fsp3) is 0.645. The zero-order chi connectivity index (χ0) is 27.6. The summed E-state index contributed by atoms with van der Waals surface area (Å²) in [6.07, 6.45) is 13.2. The first-order chi connectivity index (χ1) is 19.3. The molecular formula is C31H38FN3O4S. The van der Waals surface area contributed by atoms with E-state index in [1.165, 1.54) is 50.2 Å². The maximum absolute atomic E-state index is 14.8. The number of nitrogens with two attached hydrogens (primary N) is 1. The van der Waals surface area contributed by atoms with Crippen LogP contribution in [0.5, 0.6) is 0 Å². The highest BCUT2D eigenvalue weighted by molar-refractivity contribution is 7.22. The monoisotopic (exact) mass is 567 g/mol. The molecule has 1 aromatic heterocycles. The average molecular weight is 568 g/mol. The minimum absolute atomic E-state index is 0.0571. The summed E-state index contributed by atoms with van der Waals surface area (Å²) >= 11 is 1.42. The van der Waals surface area contributed by atoms with Crippen LogP contribution >= 0.6 is 11.3 Å². The van der Waals surface area contributed by atoms with Crippen LogP contribution in [0.2, 0.25) is 0 Å². The Hall–Kier alpha value is -2.52. The van der Waals surface area contributed by atoms with E-state index >= 15 is 0 Å². The highest BCUT2D eigenvalue weighted by atomic mass is 32.1. The lowest BCUT2D eigenvalue weighted by molar-refractivity contribution is -0.117. The van der Waals surface area contributed by atoms with E-state index in [0.29, 0.717) is 28.2 Å². The van der Waals surface area contributed by atoms with E-state index in [1.54, 1.807) is 6.07 Å². The number of hydrogen-bond acceptors (Lipinski definition) is 8. The molecule has 2 N–H and O–H groups in total. The summed E-state index contributed by atoms with van der Waals surface area (Å²) in [6, 6.07) is 3.37. The number of nitrogens with zero attached hydrogens (tertiary/aromatic N) is 2. The summed E-state index contributed by atoms with van der Waals surface area (Å²) < 4.78 is 26.7. The van der Waals surface area contributed by atoms with Crippen molar-refractivity contribution < 1.29 is 23.5 Å². The minimum Gasteiger partial charge on any atom is -0.465 e. The van der Waals surface area contributed by atoms with Gasteiger partial charge in [0.2, 0.25) is 0 Å². The predicted octanol–water partition coefficient (Wildman–Crippen LogP) is 5.90. The average Bonchev–Trinajstić information content (AvgIpc) is 3.88. The topological polar surface area (TPSA) is 94.7 Å². The number of fused-ring (bicyclic) bond motifs is 3. The van der Waals surface area contributed by atoms with Crippen LogP contribution in [0.4, 0.5) is 9.52 Å². The summed E-state index contributed by atoms with van der Waals surface area (Å²) in [5.41, 5.74) is 9.38. The number of esters is 1. The van der Waals surface area contributed by atoms with Crippen LogP contribution in [0.3, 0.4) is 0 Å². The Balaban J connectivity index is 1.04. The molecule has 214 valence electrons. The number of hydrogen-bond donors (Lipinski definition) is 1. The minimum atomic E-state index is -0.557. The van der Waals surface area contributed by atoms with Crippen LogP contribution in [0, 0.1) is 23.1 Å². The number of ether oxygens (including phenoxy) is 2. The van der Waals surface area contributed by atoms with Crippen LogP contribution in [0.25, 0.3) is 10.2 Å². The Morgan fingerprint density at radius 1 is 1.05 bits per heavy atom. The molecule has 9 heteroatoms. The number of rotatable bonds is 8. The lowest BCUT2D eigenvalue weighted by atomic mass is 9.77. The number of aromatic nitrogens is 1. The molecule has 3 saturated carbocycles. The number of carbonyl (C=O) groups excluding carboxylic acids is 2. The molecule has 0 radical (unpaired) electrons. The summed E-state index contributed by atoms with van der Waals surface area (Å²) in [7, 11) is 1.29. The van der Waals surface area contributed by atoms with Gasteiger partial charge in [-0.05, 0) is 101 Å². The molecule has 2 bridgehead atoms. The van der Waals surface area contributed by atoms with E-state index in [4.69, 9.17) is 15.2 Å². The molecule has 1 spiro atoms. The quantitative estimate of drug-likeness (QED) is 0.313. The molecule has 3 aliphatic carbocycles. The summed E-state index contributed by atoms with van der Waals surface area (Å²) in [5.74, 6) is -0.406. The Kier molecular flexibility index (Phi) is 6.65. The van der Waals surface area contributed by atoms with Gasteiger partial charge in [-0.2, -0.15) is 0 Å². The van der Waals surface area contributed by atoms with Crippen molar-refractivity contribution in [3.63, 3.8) is 0 Å². The van der Waals surface area contributed by atoms with E-state index in [-0.39, 0.29) is 35.5 Å². The van der Waals surface area contributed by atoms with Gasteiger partial charge in [0, 0.05) is 29.3 Å². The molecule has 3 atom stereocenters.